The van der Waals surface area contributed by atoms with Crippen molar-refractivity contribution in [2.24, 2.45) is 5.73 Å². The third-order valence-corrected chi connectivity index (χ3v) is 1.80. The number of anilines is 1. The number of rotatable bonds is 2. The molecule has 0 aliphatic rings. The number of carbonyl (C=O) groups is 1. The topological polar surface area (TPSA) is 78.3 Å². The summed E-state index contributed by atoms with van der Waals surface area (Å²) in [7, 11) is 0. The van der Waals surface area contributed by atoms with Crippen molar-refractivity contribution < 1.29 is 9.53 Å². The van der Waals surface area contributed by atoms with Gasteiger partial charge in [-0.3, -0.25) is 0 Å². The first-order valence-corrected chi connectivity index (χ1v) is 3.93. The van der Waals surface area contributed by atoms with E-state index in [2.05, 4.69) is 4.74 Å². The number of nitrogen functional groups attached to an aromatic ring is 1. The molecule has 70 valence electrons. The molecule has 0 spiro atoms. The number of hydrogen-bond acceptors (Lipinski definition) is 3. The molecule has 4 nitrogen and oxygen atoms in total. The van der Waals surface area contributed by atoms with E-state index in [-0.39, 0.29) is 6.61 Å². The first kappa shape index (κ1) is 9.67. The van der Waals surface area contributed by atoms with Gasteiger partial charge in [0.05, 0.1) is 0 Å². The molecule has 1 amide bonds. The second-order valence-corrected chi connectivity index (χ2v) is 2.87. The Kier molecular flexibility index (Phi) is 2.97. The number of carbonyl (C=O) groups excluding carboxylic acids is 1. The predicted octanol–water partition coefficient (Wildman–Crippen LogP) is 1.52. The molecule has 0 radical (unpaired) electrons. The van der Waals surface area contributed by atoms with Crippen molar-refractivity contribution in [3.8, 4) is 0 Å². The van der Waals surface area contributed by atoms with Crippen molar-refractivity contribution in [3.63, 3.8) is 0 Å². The van der Waals surface area contributed by atoms with Gasteiger partial charge in [-0.05, 0) is 12.1 Å². The summed E-state index contributed by atoms with van der Waals surface area (Å²) in [4.78, 5) is 10.3. The van der Waals surface area contributed by atoms with Gasteiger partial charge in [-0.15, -0.1) is 0 Å². The predicted molar refractivity (Wildman–Crippen MR) is 50.2 cm³/mol. The Morgan fingerprint density at radius 1 is 1.54 bits per heavy atom. The van der Waals surface area contributed by atoms with E-state index in [1.165, 1.54) is 0 Å². The third kappa shape index (κ3) is 2.83. The van der Waals surface area contributed by atoms with Crippen LogP contribution in [0.5, 0.6) is 0 Å². The van der Waals surface area contributed by atoms with Gasteiger partial charge in [0.1, 0.15) is 6.61 Å². The maximum absolute atomic E-state index is 10.3. The molecule has 0 fully saturated rings. The fraction of sp³-hybridized carbons (Fsp3) is 0.125. The zero-order chi connectivity index (χ0) is 9.84. The second-order valence-electron chi connectivity index (χ2n) is 2.46. The molecule has 0 atom stereocenters. The molecule has 0 heterocycles. The lowest BCUT2D eigenvalue weighted by Gasteiger charge is -2.04. The minimum absolute atomic E-state index is 0.0639. The van der Waals surface area contributed by atoms with Crippen molar-refractivity contribution in [1.29, 1.82) is 0 Å². The van der Waals surface area contributed by atoms with Gasteiger partial charge < -0.3 is 16.2 Å². The largest absolute Gasteiger partial charge is 0.445 e. The summed E-state index contributed by atoms with van der Waals surface area (Å²) in [5.74, 6) is 0. The molecule has 0 saturated heterocycles. The van der Waals surface area contributed by atoms with Crippen molar-refractivity contribution in [1.82, 2.24) is 0 Å². The quantitative estimate of drug-likeness (QED) is 0.711. The van der Waals surface area contributed by atoms with E-state index >= 15 is 0 Å². The Hall–Kier alpha value is -1.42. The molecule has 0 aromatic heterocycles. The first-order valence-electron chi connectivity index (χ1n) is 3.55. The number of amides is 1. The van der Waals surface area contributed by atoms with E-state index in [0.29, 0.717) is 16.3 Å². The summed E-state index contributed by atoms with van der Waals surface area (Å²) in [5.41, 5.74) is 11.5. The lowest BCUT2D eigenvalue weighted by molar-refractivity contribution is 0.150. The van der Waals surface area contributed by atoms with Crippen molar-refractivity contribution in [3.05, 3.63) is 28.8 Å². The minimum Gasteiger partial charge on any atom is -0.445 e. The van der Waals surface area contributed by atoms with Crippen molar-refractivity contribution >= 4 is 23.4 Å². The van der Waals surface area contributed by atoms with E-state index in [0.717, 1.165) is 0 Å². The highest BCUT2D eigenvalue weighted by atomic mass is 35.5. The molecule has 0 aliphatic heterocycles. The summed E-state index contributed by atoms with van der Waals surface area (Å²) in [6.07, 6.45) is -0.826. The SMILES string of the molecule is NC(=O)OCc1ccc(N)cc1Cl. The average molecular weight is 201 g/mol. The highest BCUT2D eigenvalue weighted by Crippen LogP contribution is 2.19. The molecular weight excluding hydrogens is 192 g/mol. The van der Waals surface area contributed by atoms with Crippen LogP contribution in [0, 0.1) is 0 Å². The van der Waals surface area contributed by atoms with Crippen molar-refractivity contribution in [2.75, 3.05) is 5.73 Å². The summed E-state index contributed by atoms with van der Waals surface area (Å²) in [6, 6.07) is 4.94. The van der Waals surface area contributed by atoms with E-state index in [4.69, 9.17) is 23.1 Å². The lowest BCUT2D eigenvalue weighted by atomic mass is 10.2. The van der Waals surface area contributed by atoms with E-state index < -0.39 is 6.09 Å². The lowest BCUT2D eigenvalue weighted by Crippen LogP contribution is -2.12. The summed E-state index contributed by atoms with van der Waals surface area (Å²) in [6.45, 7) is 0.0639. The number of nitrogens with two attached hydrogens (primary N) is 2. The number of halogens is 1. The molecular formula is C8H9ClN2O2. The highest BCUT2D eigenvalue weighted by Gasteiger charge is 2.02. The van der Waals surface area contributed by atoms with Gasteiger partial charge in [0, 0.05) is 16.3 Å². The summed E-state index contributed by atoms with van der Waals surface area (Å²) < 4.78 is 4.56. The van der Waals surface area contributed by atoms with Gasteiger partial charge in [0.25, 0.3) is 0 Å². The zero-order valence-corrected chi connectivity index (χ0v) is 7.54. The smallest absolute Gasteiger partial charge is 0.404 e. The van der Waals surface area contributed by atoms with E-state index in [9.17, 15) is 4.79 Å². The maximum atomic E-state index is 10.3. The first-order chi connectivity index (χ1) is 6.09. The van der Waals surface area contributed by atoms with Crippen LogP contribution >= 0.6 is 11.6 Å². The maximum Gasteiger partial charge on any atom is 0.404 e. The summed E-state index contributed by atoms with van der Waals surface area (Å²) >= 11 is 5.80. The van der Waals surface area contributed by atoms with Crippen LogP contribution in [-0.4, -0.2) is 6.09 Å². The Balaban J connectivity index is 2.72. The second kappa shape index (κ2) is 4.00. The monoisotopic (exact) mass is 200 g/mol. The zero-order valence-electron chi connectivity index (χ0n) is 6.79. The van der Waals surface area contributed by atoms with Crippen LogP contribution in [0.3, 0.4) is 0 Å². The van der Waals surface area contributed by atoms with Crippen LogP contribution in [0.4, 0.5) is 10.5 Å². The molecule has 0 aliphatic carbocycles. The molecule has 0 unspecified atom stereocenters. The molecule has 0 saturated carbocycles. The Labute approximate surface area is 80.4 Å². The molecule has 1 aromatic rings. The normalized spacial score (nSPS) is 9.62. The van der Waals surface area contributed by atoms with Gasteiger partial charge >= 0.3 is 6.09 Å². The molecule has 4 N–H and O–H groups in total. The minimum atomic E-state index is -0.826. The van der Waals surface area contributed by atoms with Crippen LogP contribution < -0.4 is 11.5 Å². The van der Waals surface area contributed by atoms with E-state index in [1.807, 2.05) is 0 Å². The molecule has 0 bridgehead atoms. The van der Waals surface area contributed by atoms with Gasteiger partial charge in [0.2, 0.25) is 0 Å². The third-order valence-electron chi connectivity index (χ3n) is 1.45. The van der Waals surface area contributed by atoms with Crippen LogP contribution in [-0.2, 0) is 11.3 Å². The van der Waals surface area contributed by atoms with E-state index in [1.54, 1.807) is 18.2 Å². The Morgan fingerprint density at radius 2 is 2.23 bits per heavy atom. The van der Waals surface area contributed by atoms with Crippen LogP contribution in [0.25, 0.3) is 0 Å². The number of hydrogen-bond donors (Lipinski definition) is 2. The van der Waals surface area contributed by atoms with Crippen LogP contribution in [0.1, 0.15) is 5.56 Å². The fourth-order valence-electron chi connectivity index (χ4n) is 0.830. The average Bonchev–Trinajstić information content (AvgIpc) is 2.02. The van der Waals surface area contributed by atoms with Gasteiger partial charge in [-0.1, -0.05) is 17.7 Å². The van der Waals surface area contributed by atoms with Gasteiger partial charge in [-0.25, -0.2) is 4.79 Å². The Morgan fingerprint density at radius 3 is 2.77 bits per heavy atom. The number of ether oxygens (including phenoxy) is 1. The number of primary amides is 1. The molecule has 13 heavy (non-hydrogen) atoms. The molecule has 5 heteroatoms. The van der Waals surface area contributed by atoms with Gasteiger partial charge in [0.15, 0.2) is 0 Å². The van der Waals surface area contributed by atoms with Crippen LogP contribution in [0.15, 0.2) is 18.2 Å². The highest BCUT2D eigenvalue weighted by molar-refractivity contribution is 6.31. The van der Waals surface area contributed by atoms with Crippen molar-refractivity contribution in [2.45, 2.75) is 6.61 Å². The number of benzene rings is 1. The fourth-order valence-corrected chi connectivity index (χ4v) is 1.07. The standard InChI is InChI=1S/C8H9ClN2O2/c9-7-3-6(10)2-1-5(7)4-13-8(11)12/h1-3H,4,10H2,(H2,11,12). The summed E-state index contributed by atoms with van der Waals surface area (Å²) in [5, 5.41) is 0.459. The molecule has 1 aromatic carbocycles. The molecule has 1 rings (SSSR count). The Bertz CT molecular complexity index is 328. The van der Waals surface area contributed by atoms with Crippen LogP contribution in [0.2, 0.25) is 5.02 Å². The van der Waals surface area contributed by atoms with Gasteiger partial charge in [-0.2, -0.15) is 0 Å².